The van der Waals surface area contributed by atoms with Crippen molar-refractivity contribution in [2.24, 2.45) is 0 Å². The van der Waals surface area contributed by atoms with Gasteiger partial charge in [-0.25, -0.2) is 0 Å². The van der Waals surface area contributed by atoms with E-state index >= 15 is 0 Å². The molecule has 1 amide bonds. The van der Waals surface area contributed by atoms with E-state index in [1.807, 2.05) is 11.5 Å². The number of rotatable bonds is 8. The number of non-ortho nitro benzene ring substituents is 1. The van der Waals surface area contributed by atoms with Gasteiger partial charge < -0.3 is 9.88 Å². The van der Waals surface area contributed by atoms with Crippen molar-refractivity contribution in [3.05, 3.63) is 50.2 Å². The Labute approximate surface area is 176 Å². The largest absolute Gasteiger partial charge is 0.325 e. The average Bonchev–Trinajstić information content (AvgIpc) is 3.28. The summed E-state index contributed by atoms with van der Waals surface area (Å²) in [5.41, 5.74) is 2.88. The van der Waals surface area contributed by atoms with Crippen LogP contribution in [0, 0.1) is 17.0 Å². The molecule has 152 valence electrons. The number of nitro benzene ring substituents is 1. The van der Waals surface area contributed by atoms with Crippen molar-refractivity contribution in [3.63, 3.8) is 0 Å². The fraction of sp³-hybridized carbons (Fsp3) is 0.316. The SMILES string of the molecule is CCc1c(-c2nnc(SCC(=O)Nc3ccc([N+](=O)[O-])cc3)n2CC)csc1C. The maximum Gasteiger partial charge on any atom is 0.269 e. The summed E-state index contributed by atoms with van der Waals surface area (Å²) in [4.78, 5) is 23.8. The summed E-state index contributed by atoms with van der Waals surface area (Å²) in [6.45, 7) is 6.96. The smallest absolute Gasteiger partial charge is 0.269 e. The van der Waals surface area contributed by atoms with Crippen molar-refractivity contribution in [1.82, 2.24) is 14.8 Å². The number of nitrogens with one attached hydrogen (secondary N) is 1. The van der Waals surface area contributed by atoms with E-state index in [0.717, 1.165) is 17.8 Å². The second kappa shape index (κ2) is 9.19. The van der Waals surface area contributed by atoms with Crippen LogP contribution in [0.4, 0.5) is 11.4 Å². The zero-order chi connectivity index (χ0) is 21.0. The lowest BCUT2D eigenvalue weighted by Crippen LogP contribution is -2.14. The number of carbonyl (C=O) groups excluding carboxylic acids is 1. The predicted molar refractivity (Wildman–Crippen MR) is 116 cm³/mol. The lowest BCUT2D eigenvalue weighted by Gasteiger charge is -2.08. The number of thioether (sulfide) groups is 1. The minimum absolute atomic E-state index is 0.0175. The van der Waals surface area contributed by atoms with Crippen LogP contribution < -0.4 is 5.32 Å². The number of carbonyl (C=O) groups is 1. The van der Waals surface area contributed by atoms with Gasteiger partial charge in [0.1, 0.15) is 0 Å². The van der Waals surface area contributed by atoms with Gasteiger partial charge in [0.05, 0.1) is 10.7 Å². The molecule has 0 bridgehead atoms. The topological polar surface area (TPSA) is 103 Å². The molecule has 2 aromatic heterocycles. The van der Waals surface area contributed by atoms with Crippen molar-refractivity contribution in [2.45, 2.75) is 38.9 Å². The van der Waals surface area contributed by atoms with Gasteiger partial charge in [0.2, 0.25) is 5.91 Å². The number of anilines is 1. The first kappa shape index (κ1) is 21.0. The van der Waals surface area contributed by atoms with E-state index in [4.69, 9.17) is 0 Å². The molecule has 1 aromatic carbocycles. The van der Waals surface area contributed by atoms with Crippen LogP contribution >= 0.6 is 23.1 Å². The van der Waals surface area contributed by atoms with Crippen LogP contribution in [0.1, 0.15) is 24.3 Å². The number of hydrogen-bond donors (Lipinski definition) is 1. The van der Waals surface area contributed by atoms with Crippen LogP contribution in [0.5, 0.6) is 0 Å². The highest BCUT2D eigenvalue weighted by Crippen LogP contribution is 2.32. The van der Waals surface area contributed by atoms with E-state index < -0.39 is 4.92 Å². The Bertz CT molecular complexity index is 1030. The first-order chi connectivity index (χ1) is 13.9. The molecule has 0 unspecified atom stereocenters. The molecule has 10 heteroatoms. The Morgan fingerprint density at radius 2 is 2.00 bits per heavy atom. The summed E-state index contributed by atoms with van der Waals surface area (Å²) in [6.07, 6.45) is 0.932. The second-order valence-corrected chi connectivity index (χ2v) is 8.26. The molecule has 0 radical (unpaired) electrons. The highest BCUT2D eigenvalue weighted by Gasteiger charge is 2.18. The molecule has 8 nitrogen and oxygen atoms in total. The molecule has 2 heterocycles. The van der Waals surface area contributed by atoms with Crippen molar-refractivity contribution >= 4 is 40.4 Å². The van der Waals surface area contributed by atoms with Gasteiger partial charge in [-0.2, -0.15) is 0 Å². The molecule has 0 atom stereocenters. The third-order valence-electron chi connectivity index (χ3n) is 4.43. The Balaban J connectivity index is 1.68. The molecule has 0 saturated carbocycles. The van der Waals surface area contributed by atoms with Gasteiger partial charge in [-0.05, 0) is 38.0 Å². The van der Waals surface area contributed by atoms with Gasteiger partial charge in [-0.3, -0.25) is 14.9 Å². The Kier molecular flexibility index (Phi) is 6.65. The molecule has 1 N–H and O–H groups in total. The summed E-state index contributed by atoms with van der Waals surface area (Å²) in [5, 5.41) is 24.9. The minimum atomic E-state index is -0.477. The van der Waals surface area contributed by atoms with E-state index in [0.29, 0.717) is 17.4 Å². The van der Waals surface area contributed by atoms with Crippen LogP contribution in [0.2, 0.25) is 0 Å². The molecule has 0 aliphatic rings. The van der Waals surface area contributed by atoms with Gasteiger partial charge in [0.15, 0.2) is 11.0 Å². The number of thiophene rings is 1. The fourth-order valence-electron chi connectivity index (χ4n) is 2.98. The van der Waals surface area contributed by atoms with Crippen molar-refractivity contribution in [3.8, 4) is 11.4 Å². The number of aryl methyl sites for hydroxylation is 1. The number of nitrogens with zero attached hydrogens (tertiary/aromatic N) is 4. The predicted octanol–water partition coefficient (Wildman–Crippen LogP) is 4.54. The van der Waals surface area contributed by atoms with E-state index in [-0.39, 0.29) is 17.3 Å². The average molecular weight is 432 g/mol. The summed E-state index contributed by atoms with van der Waals surface area (Å²) in [5.74, 6) is 0.780. The molecule has 0 saturated heterocycles. The lowest BCUT2D eigenvalue weighted by molar-refractivity contribution is -0.384. The van der Waals surface area contributed by atoms with Gasteiger partial charge in [-0.1, -0.05) is 18.7 Å². The molecule has 0 fully saturated rings. The van der Waals surface area contributed by atoms with Crippen molar-refractivity contribution < 1.29 is 9.72 Å². The third-order valence-corrected chi connectivity index (χ3v) is 6.35. The third kappa shape index (κ3) is 4.65. The van der Waals surface area contributed by atoms with E-state index in [1.54, 1.807) is 11.3 Å². The normalized spacial score (nSPS) is 10.9. The number of benzene rings is 1. The highest BCUT2D eigenvalue weighted by molar-refractivity contribution is 7.99. The van der Waals surface area contributed by atoms with E-state index in [1.165, 1.54) is 46.5 Å². The highest BCUT2D eigenvalue weighted by atomic mass is 32.2. The van der Waals surface area contributed by atoms with Crippen LogP contribution in [-0.2, 0) is 17.8 Å². The molecule has 0 spiro atoms. The van der Waals surface area contributed by atoms with Crippen LogP contribution in [0.25, 0.3) is 11.4 Å². The van der Waals surface area contributed by atoms with Gasteiger partial charge in [-0.15, -0.1) is 21.5 Å². The molecule has 3 rings (SSSR count). The zero-order valence-electron chi connectivity index (χ0n) is 16.3. The van der Waals surface area contributed by atoms with Crippen molar-refractivity contribution in [1.29, 1.82) is 0 Å². The number of aromatic nitrogens is 3. The molecular formula is C19H21N5O3S2. The number of hydrogen-bond acceptors (Lipinski definition) is 7. The van der Waals surface area contributed by atoms with Crippen molar-refractivity contribution in [2.75, 3.05) is 11.1 Å². The second-order valence-electron chi connectivity index (χ2n) is 6.23. The number of amides is 1. The maximum atomic E-state index is 12.3. The van der Waals surface area contributed by atoms with Crippen LogP contribution in [0.15, 0.2) is 34.8 Å². The quantitative estimate of drug-likeness (QED) is 0.319. The first-order valence-electron chi connectivity index (χ1n) is 9.12. The van der Waals surface area contributed by atoms with Gasteiger partial charge in [0, 0.05) is 40.2 Å². The fourth-order valence-corrected chi connectivity index (χ4v) is 4.72. The standard InChI is InChI=1S/C19H21N5O3S2/c1-4-15-12(3)28-10-16(15)18-21-22-19(23(18)5-2)29-11-17(25)20-13-6-8-14(9-7-13)24(26)27/h6-10H,4-5,11H2,1-3H3,(H,20,25). The molecule has 3 aromatic rings. The molecule has 29 heavy (non-hydrogen) atoms. The molecule has 0 aliphatic heterocycles. The molecule has 0 aliphatic carbocycles. The summed E-state index contributed by atoms with van der Waals surface area (Å²) in [7, 11) is 0. The summed E-state index contributed by atoms with van der Waals surface area (Å²) in [6, 6.07) is 5.74. The monoisotopic (exact) mass is 431 g/mol. The number of nitro groups is 1. The lowest BCUT2D eigenvalue weighted by atomic mass is 10.1. The first-order valence-corrected chi connectivity index (χ1v) is 11.0. The molecular weight excluding hydrogens is 410 g/mol. The van der Waals surface area contributed by atoms with Gasteiger partial charge >= 0.3 is 0 Å². The van der Waals surface area contributed by atoms with E-state index in [9.17, 15) is 14.9 Å². The maximum absolute atomic E-state index is 12.3. The zero-order valence-corrected chi connectivity index (χ0v) is 18.0. The Hall–Kier alpha value is -2.72. The van der Waals surface area contributed by atoms with Crippen LogP contribution in [0.3, 0.4) is 0 Å². The Morgan fingerprint density at radius 3 is 2.62 bits per heavy atom. The van der Waals surface area contributed by atoms with Crippen LogP contribution in [-0.4, -0.2) is 31.3 Å². The van der Waals surface area contributed by atoms with E-state index in [2.05, 4.69) is 34.7 Å². The summed E-state index contributed by atoms with van der Waals surface area (Å²) >= 11 is 3.02. The minimum Gasteiger partial charge on any atom is -0.325 e. The van der Waals surface area contributed by atoms with Gasteiger partial charge in [0.25, 0.3) is 5.69 Å². The Morgan fingerprint density at radius 1 is 1.28 bits per heavy atom. The summed E-state index contributed by atoms with van der Waals surface area (Å²) < 4.78 is 2.02.